The van der Waals surface area contributed by atoms with Crippen molar-refractivity contribution in [2.75, 3.05) is 0 Å². The van der Waals surface area contributed by atoms with E-state index in [0.717, 1.165) is 0 Å². The first-order valence-electron chi connectivity index (χ1n) is 10.1. The van der Waals surface area contributed by atoms with Gasteiger partial charge >= 0.3 is 18.0 Å². The topological polar surface area (TPSA) is 151 Å². The molecule has 0 fully saturated rings. The number of benzene rings is 1. The molecule has 32 heavy (non-hydrogen) atoms. The first-order chi connectivity index (χ1) is 14.6. The molecule has 1 aromatic carbocycles. The summed E-state index contributed by atoms with van der Waals surface area (Å²) in [5, 5.41) is 24.4. The third kappa shape index (κ3) is 9.78. The number of aliphatic hydroxyl groups excluding tert-OH is 1. The summed E-state index contributed by atoms with van der Waals surface area (Å²) in [5.41, 5.74) is -1.44. The van der Waals surface area contributed by atoms with Crippen molar-refractivity contribution in [1.82, 2.24) is 10.6 Å². The van der Waals surface area contributed by atoms with Gasteiger partial charge in [0.2, 0.25) is 5.91 Å². The molecule has 0 saturated heterocycles. The molecule has 2 amide bonds. The lowest BCUT2D eigenvalue weighted by Gasteiger charge is -2.26. The van der Waals surface area contributed by atoms with Gasteiger partial charge in [0.05, 0.1) is 6.42 Å². The van der Waals surface area contributed by atoms with E-state index >= 15 is 0 Å². The molecule has 0 radical (unpaired) electrons. The lowest BCUT2D eigenvalue weighted by Crippen LogP contribution is -2.54. The third-order valence-electron chi connectivity index (χ3n) is 3.82. The Morgan fingerprint density at radius 3 is 1.91 bits per heavy atom. The maximum atomic E-state index is 12.8. The Kier molecular flexibility index (Phi) is 9.20. The van der Waals surface area contributed by atoms with Crippen LogP contribution < -0.4 is 10.6 Å². The molecule has 0 aliphatic carbocycles. The lowest BCUT2D eigenvalue weighted by atomic mass is 10.0. The quantitative estimate of drug-likeness (QED) is 0.437. The zero-order valence-corrected chi connectivity index (χ0v) is 19.2. The molecular formula is C22H32N2O8. The third-order valence-corrected chi connectivity index (χ3v) is 3.82. The highest BCUT2D eigenvalue weighted by atomic mass is 16.6. The minimum Gasteiger partial charge on any atom is -0.480 e. The van der Waals surface area contributed by atoms with Gasteiger partial charge in [-0.3, -0.25) is 9.59 Å². The van der Waals surface area contributed by atoms with E-state index in [4.69, 9.17) is 9.47 Å². The highest BCUT2D eigenvalue weighted by Crippen LogP contribution is 2.17. The number of carbonyl (C=O) groups is 4. The van der Waals surface area contributed by atoms with Gasteiger partial charge in [0.25, 0.3) is 0 Å². The minimum atomic E-state index is -1.73. The molecule has 10 nitrogen and oxygen atoms in total. The van der Waals surface area contributed by atoms with Crippen molar-refractivity contribution in [2.45, 2.75) is 77.4 Å². The number of carbonyl (C=O) groups excluding carboxylic acids is 3. The highest BCUT2D eigenvalue weighted by molar-refractivity contribution is 5.92. The van der Waals surface area contributed by atoms with Gasteiger partial charge in [-0.1, -0.05) is 30.3 Å². The van der Waals surface area contributed by atoms with Crippen LogP contribution in [0.1, 0.15) is 59.6 Å². The fourth-order valence-electron chi connectivity index (χ4n) is 2.58. The summed E-state index contributed by atoms with van der Waals surface area (Å²) in [5.74, 6) is -3.28. The predicted molar refractivity (Wildman–Crippen MR) is 115 cm³/mol. The van der Waals surface area contributed by atoms with Crippen molar-refractivity contribution < 1.29 is 38.9 Å². The van der Waals surface area contributed by atoms with Gasteiger partial charge in [0, 0.05) is 0 Å². The standard InChI is InChI=1S/C22H32N2O8/c1-21(2,3)31-15(25)12-14(23-20(30)32-22(4,5)6)18(27)24-16(19(28)29)17(26)13-10-8-7-9-11-13/h7-11,14,16-17,26H,12H2,1-6H3,(H,23,30)(H,24,27)(H,28,29)/t14-,16+,17+/m0/s1. The number of aliphatic carboxylic acids is 1. The van der Waals surface area contributed by atoms with E-state index in [0.29, 0.717) is 0 Å². The first kappa shape index (κ1) is 26.9. The molecule has 0 aromatic heterocycles. The average Bonchev–Trinajstić information content (AvgIpc) is 2.62. The SMILES string of the molecule is CC(C)(C)OC(=O)C[C@H](NC(=O)OC(C)(C)C)C(=O)N[C@@H](C(=O)O)[C@H](O)c1ccccc1. The number of carboxylic acids is 1. The maximum Gasteiger partial charge on any atom is 0.408 e. The van der Waals surface area contributed by atoms with Crippen LogP contribution >= 0.6 is 0 Å². The molecule has 0 aliphatic heterocycles. The van der Waals surface area contributed by atoms with E-state index < -0.39 is 59.7 Å². The molecule has 0 unspecified atom stereocenters. The molecule has 0 spiro atoms. The Labute approximate surface area is 187 Å². The van der Waals surface area contributed by atoms with Crippen LogP contribution in [0.4, 0.5) is 4.79 Å². The number of hydrogen-bond acceptors (Lipinski definition) is 7. The Hall–Kier alpha value is -3.14. The molecule has 3 atom stereocenters. The van der Waals surface area contributed by atoms with Gasteiger partial charge in [-0.05, 0) is 47.1 Å². The number of esters is 1. The molecule has 0 saturated carbocycles. The van der Waals surface area contributed by atoms with E-state index in [2.05, 4.69) is 10.6 Å². The number of aliphatic hydroxyl groups is 1. The van der Waals surface area contributed by atoms with Crippen LogP contribution in [-0.2, 0) is 23.9 Å². The molecule has 0 heterocycles. The smallest absolute Gasteiger partial charge is 0.408 e. The number of alkyl carbamates (subject to hydrolysis) is 1. The first-order valence-corrected chi connectivity index (χ1v) is 10.1. The maximum absolute atomic E-state index is 12.8. The zero-order chi connectivity index (χ0) is 24.7. The second-order valence-electron chi connectivity index (χ2n) is 9.17. The van der Waals surface area contributed by atoms with E-state index in [1.54, 1.807) is 59.7 Å². The Morgan fingerprint density at radius 1 is 0.906 bits per heavy atom. The van der Waals surface area contributed by atoms with Gasteiger partial charge in [0.15, 0.2) is 6.04 Å². The Morgan fingerprint density at radius 2 is 1.44 bits per heavy atom. The van der Waals surface area contributed by atoms with E-state index in [1.165, 1.54) is 12.1 Å². The number of hydrogen-bond donors (Lipinski definition) is 4. The second kappa shape index (κ2) is 10.9. The van der Waals surface area contributed by atoms with Gasteiger partial charge in [-0.15, -0.1) is 0 Å². The minimum absolute atomic E-state index is 0.268. The molecule has 178 valence electrons. The molecule has 10 heteroatoms. The summed E-state index contributed by atoms with van der Waals surface area (Å²) in [7, 11) is 0. The fraction of sp³-hybridized carbons (Fsp3) is 0.545. The summed E-state index contributed by atoms with van der Waals surface area (Å²) >= 11 is 0. The van der Waals surface area contributed by atoms with Crippen molar-refractivity contribution >= 4 is 23.9 Å². The number of rotatable bonds is 8. The molecular weight excluding hydrogens is 420 g/mol. The van der Waals surface area contributed by atoms with Gasteiger partial charge in [-0.25, -0.2) is 9.59 Å². The van der Waals surface area contributed by atoms with Crippen LogP contribution in [0.5, 0.6) is 0 Å². The van der Waals surface area contributed by atoms with Crippen molar-refractivity contribution in [3.8, 4) is 0 Å². The van der Waals surface area contributed by atoms with Crippen LogP contribution in [0.3, 0.4) is 0 Å². The van der Waals surface area contributed by atoms with Gasteiger partial charge in [-0.2, -0.15) is 0 Å². The zero-order valence-electron chi connectivity index (χ0n) is 19.2. The van der Waals surface area contributed by atoms with Crippen LogP contribution in [0.25, 0.3) is 0 Å². The Balaban J connectivity index is 3.06. The summed E-state index contributed by atoms with van der Waals surface area (Å²) in [4.78, 5) is 49.0. The van der Waals surface area contributed by atoms with Crippen molar-refractivity contribution in [3.63, 3.8) is 0 Å². The van der Waals surface area contributed by atoms with Crippen LogP contribution in [0, 0.1) is 0 Å². The molecule has 1 rings (SSSR count). The predicted octanol–water partition coefficient (Wildman–Crippen LogP) is 1.91. The summed E-state index contributed by atoms with van der Waals surface area (Å²) < 4.78 is 10.3. The number of carboxylic acid groups (broad SMARTS) is 1. The van der Waals surface area contributed by atoms with Crippen LogP contribution in [0.15, 0.2) is 30.3 Å². The van der Waals surface area contributed by atoms with Gasteiger partial charge in [0.1, 0.15) is 23.3 Å². The van der Waals surface area contributed by atoms with Crippen LogP contribution in [-0.4, -0.2) is 57.4 Å². The largest absolute Gasteiger partial charge is 0.480 e. The van der Waals surface area contributed by atoms with E-state index in [9.17, 15) is 29.4 Å². The Bertz CT molecular complexity index is 781. The molecule has 0 bridgehead atoms. The highest BCUT2D eigenvalue weighted by Gasteiger charge is 2.34. The summed E-state index contributed by atoms with van der Waals surface area (Å²) in [6, 6.07) is 4.68. The summed E-state index contributed by atoms with van der Waals surface area (Å²) in [6.07, 6.45) is -3.12. The van der Waals surface area contributed by atoms with Crippen molar-refractivity contribution in [3.05, 3.63) is 35.9 Å². The fourth-order valence-corrected chi connectivity index (χ4v) is 2.58. The lowest BCUT2D eigenvalue weighted by molar-refractivity contribution is -0.156. The van der Waals surface area contributed by atoms with Gasteiger partial charge < -0.3 is 30.3 Å². The number of ether oxygens (including phenoxy) is 2. The molecule has 4 N–H and O–H groups in total. The van der Waals surface area contributed by atoms with Crippen molar-refractivity contribution in [1.29, 1.82) is 0 Å². The monoisotopic (exact) mass is 452 g/mol. The second-order valence-corrected chi connectivity index (χ2v) is 9.17. The number of amides is 2. The van der Waals surface area contributed by atoms with E-state index in [1.807, 2.05) is 0 Å². The average molecular weight is 453 g/mol. The molecule has 1 aromatic rings. The summed E-state index contributed by atoms with van der Waals surface area (Å²) in [6.45, 7) is 9.76. The van der Waals surface area contributed by atoms with Crippen LogP contribution in [0.2, 0.25) is 0 Å². The molecule has 0 aliphatic rings. The van der Waals surface area contributed by atoms with Crippen molar-refractivity contribution in [2.24, 2.45) is 0 Å². The number of nitrogens with one attached hydrogen (secondary N) is 2. The normalized spacial score (nSPS) is 14.5. The van der Waals surface area contributed by atoms with E-state index in [-0.39, 0.29) is 5.56 Å².